The van der Waals surface area contributed by atoms with Crippen LogP contribution in [0.3, 0.4) is 0 Å². The van der Waals surface area contributed by atoms with Crippen molar-refractivity contribution in [1.82, 2.24) is 0 Å². The second-order valence-corrected chi connectivity index (χ2v) is 15.3. The predicted octanol–water partition coefficient (Wildman–Crippen LogP) is 3.78. The number of ether oxygens (including phenoxy) is 2. The largest absolute Gasteiger partial charge is 0.478 e. The van der Waals surface area contributed by atoms with E-state index in [4.69, 9.17) is 9.47 Å². The predicted molar refractivity (Wildman–Crippen MR) is 154 cm³/mol. The summed E-state index contributed by atoms with van der Waals surface area (Å²) in [4.78, 5) is 14.1. The van der Waals surface area contributed by atoms with Crippen LogP contribution in [-0.2, 0) is 9.47 Å². The van der Waals surface area contributed by atoms with Gasteiger partial charge >= 0.3 is 5.97 Å². The topological polar surface area (TPSA) is 62.0 Å². The van der Waals surface area contributed by atoms with E-state index < -0.39 is 14.0 Å². The van der Waals surface area contributed by atoms with Crippen LogP contribution in [0.1, 0.15) is 27.0 Å². The lowest BCUT2D eigenvalue weighted by molar-refractivity contribution is -0.547. The highest BCUT2D eigenvalue weighted by Crippen LogP contribution is 2.42. The van der Waals surface area contributed by atoms with E-state index in [9.17, 15) is 9.90 Å². The van der Waals surface area contributed by atoms with Crippen molar-refractivity contribution in [2.24, 2.45) is 0 Å². The molecule has 6 nitrogen and oxygen atoms in total. The highest BCUT2D eigenvalue weighted by atomic mass is 28.3. The van der Waals surface area contributed by atoms with Crippen molar-refractivity contribution in [3.63, 3.8) is 0 Å². The third-order valence-electron chi connectivity index (χ3n) is 8.39. The van der Waals surface area contributed by atoms with Gasteiger partial charge in [-0.25, -0.2) is 9.37 Å². The van der Waals surface area contributed by atoms with Crippen molar-refractivity contribution in [2.75, 3.05) is 57.5 Å². The van der Waals surface area contributed by atoms with Crippen LogP contribution in [0, 0.1) is 6.92 Å². The van der Waals surface area contributed by atoms with Gasteiger partial charge in [0.15, 0.2) is 18.8 Å². The number of aryl methyl sites for hydroxylation is 1. The van der Waals surface area contributed by atoms with Crippen LogP contribution in [-0.4, -0.2) is 82.0 Å². The first kappa shape index (κ1) is 25.0. The molecule has 2 aromatic rings. The number of carboxylic acids is 1. The summed E-state index contributed by atoms with van der Waals surface area (Å²) in [5.74, 6) is -0.895. The Morgan fingerprint density at radius 3 is 2.37 bits per heavy atom. The van der Waals surface area contributed by atoms with E-state index in [0.717, 1.165) is 63.7 Å². The Hall–Kier alpha value is -3.26. The molecule has 0 atom stereocenters. The van der Waals surface area contributed by atoms with Crippen LogP contribution in [0.2, 0.25) is 13.1 Å². The number of nitrogens with zero attached hydrogens (tertiary/aromatic N) is 2. The Morgan fingerprint density at radius 1 is 0.947 bits per heavy atom. The fraction of sp³-hybridized carbons (Fsp3) is 0.355. The molecule has 3 aliphatic heterocycles. The zero-order valence-corrected chi connectivity index (χ0v) is 23.4. The van der Waals surface area contributed by atoms with Gasteiger partial charge in [-0.05, 0) is 75.5 Å². The van der Waals surface area contributed by atoms with Gasteiger partial charge in [-0.1, -0.05) is 25.2 Å². The van der Waals surface area contributed by atoms with Crippen molar-refractivity contribution in [3.05, 3.63) is 87.6 Å². The number of hydrogen-bond acceptors (Lipinski definition) is 4. The number of anilines is 1. The van der Waals surface area contributed by atoms with Crippen molar-refractivity contribution in [3.8, 4) is 0 Å². The van der Waals surface area contributed by atoms with Crippen LogP contribution in [0.5, 0.6) is 0 Å². The van der Waals surface area contributed by atoms with Gasteiger partial charge in [0, 0.05) is 30.9 Å². The Labute approximate surface area is 225 Å². The molecular weight excluding hydrogens is 492 g/mol. The SMILES string of the molecule is Cc1cc(C(=O)O)ccc1C1=C2C=CC(=[N+]3CCOCC3)C=C2[Si](C)(C)c2cc(N3CCOCC3)ccc21. The van der Waals surface area contributed by atoms with Crippen LogP contribution in [0.25, 0.3) is 5.57 Å². The maximum atomic E-state index is 11.7. The van der Waals surface area contributed by atoms with E-state index in [1.165, 1.54) is 38.5 Å². The van der Waals surface area contributed by atoms with Crippen LogP contribution >= 0.6 is 0 Å². The molecule has 3 heterocycles. The number of aromatic carboxylic acids is 1. The van der Waals surface area contributed by atoms with Crippen molar-refractivity contribution in [2.45, 2.75) is 20.0 Å². The number of carbonyl (C=O) groups is 1. The van der Waals surface area contributed by atoms with Gasteiger partial charge in [0.1, 0.15) is 21.3 Å². The smallest absolute Gasteiger partial charge is 0.335 e. The zero-order chi connectivity index (χ0) is 26.4. The fourth-order valence-electron chi connectivity index (χ4n) is 6.23. The van der Waals surface area contributed by atoms with Crippen LogP contribution < -0.4 is 10.1 Å². The molecule has 0 amide bonds. The highest BCUT2D eigenvalue weighted by Gasteiger charge is 2.41. The Morgan fingerprint density at radius 2 is 1.66 bits per heavy atom. The van der Waals surface area contributed by atoms with Gasteiger partial charge in [0.25, 0.3) is 0 Å². The minimum absolute atomic E-state index is 0.322. The molecule has 0 saturated carbocycles. The molecule has 4 aliphatic rings. The molecule has 0 radical (unpaired) electrons. The van der Waals surface area contributed by atoms with Gasteiger partial charge in [0.2, 0.25) is 0 Å². The normalized spacial score (nSPS) is 20.7. The molecule has 0 spiro atoms. The number of allylic oxidation sites excluding steroid dienone is 5. The van der Waals surface area contributed by atoms with Crippen molar-refractivity contribution < 1.29 is 24.0 Å². The first-order chi connectivity index (χ1) is 18.3. The van der Waals surface area contributed by atoms with E-state index in [1.807, 2.05) is 13.0 Å². The maximum Gasteiger partial charge on any atom is 0.335 e. The van der Waals surface area contributed by atoms with Gasteiger partial charge in [-0.15, -0.1) is 0 Å². The van der Waals surface area contributed by atoms with Crippen molar-refractivity contribution >= 4 is 36.2 Å². The van der Waals surface area contributed by atoms with E-state index >= 15 is 0 Å². The third-order valence-corrected chi connectivity index (χ3v) is 11.9. The quantitative estimate of drug-likeness (QED) is 0.486. The van der Waals surface area contributed by atoms with E-state index in [0.29, 0.717) is 5.56 Å². The van der Waals surface area contributed by atoms with Gasteiger partial charge in [-0.2, -0.15) is 0 Å². The Balaban J connectivity index is 1.57. The summed E-state index contributed by atoms with van der Waals surface area (Å²) < 4.78 is 13.7. The van der Waals surface area contributed by atoms with Crippen LogP contribution in [0.4, 0.5) is 5.69 Å². The van der Waals surface area contributed by atoms with E-state index in [1.54, 1.807) is 12.1 Å². The molecule has 0 aromatic heterocycles. The summed E-state index contributed by atoms with van der Waals surface area (Å²) in [7, 11) is -2.07. The second kappa shape index (κ2) is 9.80. The van der Waals surface area contributed by atoms with Gasteiger partial charge < -0.3 is 19.5 Å². The summed E-state index contributed by atoms with van der Waals surface area (Å²) >= 11 is 0. The molecule has 0 bridgehead atoms. The number of hydrogen-bond donors (Lipinski definition) is 1. The van der Waals surface area contributed by atoms with Gasteiger partial charge in [0.05, 0.1) is 18.8 Å². The Kier molecular flexibility index (Phi) is 6.46. The molecule has 6 rings (SSSR count). The third kappa shape index (κ3) is 4.28. The summed E-state index contributed by atoms with van der Waals surface area (Å²) in [5.41, 5.74) is 8.68. The van der Waals surface area contributed by atoms with E-state index in [-0.39, 0.29) is 0 Å². The second-order valence-electron chi connectivity index (χ2n) is 11.0. The van der Waals surface area contributed by atoms with E-state index in [2.05, 4.69) is 59.0 Å². The van der Waals surface area contributed by atoms with Gasteiger partial charge in [-0.3, -0.25) is 0 Å². The molecule has 2 aromatic carbocycles. The lowest BCUT2D eigenvalue weighted by Crippen LogP contribution is -2.50. The first-order valence-electron chi connectivity index (χ1n) is 13.5. The average Bonchev–Trinajstić information content (AvgIpc) is 2.94. The number of carboxylic acid groups (broad SMARTS) is 1. The molecular formula is C31H35N2O4Si+. The average molecular weight is 528 g/mol. The summed E-state index contributed by atoms with van der Waals surface area (Å²) in [6.45, 7) is 13.6. The number of fused-ring (bicyclic) bond motifs is 2. The first-order valence-corrected chi connectivity index (χ1v) is 16.5. The molecule has 196 valence electrons. The lowest BCUT2D eigenvalue weighted by Gasteiger charge is -2.39. The zero-order valence-electron chi connectivity index (χ0n) is 22.4. The maximum absolute atomic E-state index is 11.7. The van der Waals surface area contributed by atoms with Crippen LogP contribution in [0.15, 0.2) is 65.4 Å². The fourth-order valence-corrected chi connectivity index (χ4v) is 9.30. The lowest BCUT2D eigenvalue weighted by atomic mass is 9.87. The summed E-state index contributed by atoms with van der Waals surface area (Å²) in [5, 5.41) is 12.4. The molecule has 7 heteroatoms. The Bertz CT molecular complexity index is 1440. The molecule has 2 fully saturated rings. The minimum Gasteiger partial charge on any atom is -0.478 e. The molecule has 1 N–H and O–H groups in total. The minimum atomic E-state index is -2.07. The number of benzene rings is 2. The number of rotatable bonds is 3. The molecule has 1 aliphatic carbocycles. The molecule has 38 heavy (non-hydrogen) atoms. The molecule has 0 unspecified atom stereocenters. The highest BCUT2D eigenvalue weighted by molar-refractivity contribution is 6.98. The standard InChI is InChI=1S/C31H34N2O4Si/c1-21-18-22(31(34)35)4-7-25(21)30-26-8-5-23(32-10-14-36-15-11-32)19-28(26)38(2,3)29-20-24(6-9-27(29)30)33-12-16-37-17-13-33/h4-9,18-20H,10-17H2,1-3H3/p+1. The van der Waals surface area contributed by atoms with Crippen molar-refractivity contribution in [1.29, 1.82) is 0 Å². The summed E-state index contributed by atoms with van der Waals surface area (Å²) in [6, 6.07) is 12.5. The monoisotopic (exact) mass is 527 g/mol. The number of morpholine rings is 2. The summed E-state index contributed by atoms with van der Waals surface area (Å²) in [6.07, 6.45) is 6.98. The molecule has 2 saturated heterocycles.